The van der Waals surface area contributed by atoms with E-state index in [4.69, 9.17) is 10.5 Å². The van der Waals surface area contributed by atoms with Crippen molar-refractivity contribution in [3.05, 3.63) is 0 Å². The fourth-order valence-corrected chi connectivity index (χ4v) is 1.68. The summed E-state index contributed by atoms with van der Waals surface area (Å²) >= 11 is 0. The summed E-state index contributed by atoms with van der Waals surface area (Å²) in [4.78, 5) is 11.5. The Kier molecular flexibility index (Phi) is 5.65. The van der Waals surface area contributed by atoms with E-state index in [1.54, 1.807) is 7.11 Å². The van der Waals surface area contributed by atoms with E-state index < -0.39 is 0 Å². The molecule has 0 saturated heterocycles. The minimum atomic E-state index is 0.133. The topological polar surface area (TPSA) is 64.3 Å². The lowest BCUT2D eigenvalue weighted by Crippen LogP contribution is -2.41. The van der Waals surface area contributed by atoms with Crippen molar-refractivity contribution in [3.8, 4) is 0 Å². The van der Waals surface area contributed by atoms with Crippen molar-refractivity contribution in [2.75, 3.05) is 20.3 Å². The quantitative estimate of drug-likeness (QED) is 0.583. The van der Waals surface area contributed by atoms with Crippen molar-refractivity contribution in [1.29, 1.82) is 0 Å². The average molecular weight is 214 g/mol. The van der Waals surface area contributed by atoms with Gasteiger partial charge in [-0.3, -0.25) is 4.79 Å². The summed E-state index contributed by atoms with van der Waals surface area (Å²) in [6.45, 7) is 1.30. The van der Waals surface area contributed by atoms with Crippen molar-refractivity contribution in [1.82, 2.24) is 5.32 Å². The molecule has 0 aliphatic heterocycles. The first kappa shape index (κ1) is 12.5. The third-order valence-corrected chi connectivity index (χ3v) is 2.79. The van der Waals surface area contributed by atoms with Gasteiger partial charge in [0, 0.05) is 32.7 Å². The zero-order valence-electron chi connectivity index (χ0n) is 9.50. The van der Waals surface area contributed by atoms with Gasteiger partial charge < -0.3 is 15.8 Å². The molecule has 1 amide bonds. The van der Waals surface area contributed by atoms with E-state index in [2.05, 4.69) is 5.32 Å². The molecule has 15 heavy (non-hydrogen) atoms. The number of methoxy groups -OCH3 is 1. The van der Waals surface area contributed by atoms with Gasteiger partial charge in [0.05, 0.1) is 0 Å². The van der Waals surface area contributed by atoms with E-state index in [-0.39, 0.29) is 11.9 Å². The van der Waals surface area contributed by atoms with Crippen molar-refractivity contribution < 1.29 is 9.53 Å². The first-order valence-electron chi connectivity index (χ1n) is 5.76. The second-order valence-electron chi connectivity index (χ2n) is 4.20. The van der Waals surface area contributed by atoms with Gasteiger partial charge in [-0.25, -0.2) is 0 Å². The first-order valence-corrected chi connectivity index (χ1v) is 5.76. The van der Waals surface area contributed by atoms with Gasteiger partial charge in [-0.05, 0) is 31.6 Å². The fraction of sp³-hybridized carbons (Fsp3) is 0.909. The van der Waals surface area contributed by atoms with Gasteiger partial charge in [-0.15, -0.1) is 0 Å². The van der Waals surface area contributed by atoms with E-state index in [0.717, 1.165) is 19.4 Å². The average Bonchev–Trinajstić information content (AvgIpc) is 3.05. The van der Waals surface area contributed by atoms with Crippen LogP contribution in [0.25, 0.3) is 0 Å². The normalized spacial score (nSPS) is 17.5. The predicted octanol–water partition coefficient (Wildman–Crippen LogP) is 0.657. The Balaban J connectivity index is 2.05. The van der Waals surface area contributed by atoms with E-state index in [1.807, 2.05) is 0 Å². The van der Waals surface area contributed by atoms with Crippen LogP contribution in [0.15, 0.2) is 0 Å². The van der Waals surface area contributed by atoms with Crippen molar-refractivity contribution in [2.24, 2.45) is 11.7 Å². The van der Waals surface area contributed by atoms with Gasteiger partial charge in [0.25, 0.3) is 0 Å². The molecule has 88 valence electrons. The highest BCUT2D eigenvalue weighted by molar-refractivity contribution is 5.76. The third kappa shape index (κ3) is 5.14. The van der Waals surface area contributed by atoms with E-state index in [9.17, 15) is 4.79 Å². The predicted molar refractivity (Wildman–Crippen MR) is 59.4 cm³/mol. The van der Waals surface area contributed by atoms with Crippen LogP contribution in [0.3, 0.4) is 0 Å². The number of carbonyl (C=O) groups is 1. The Hall–Kier alpha value is -0.610. The van der Waals surface area contributed by atoms with Gasteiger partial charge in [0.2, 0.25) is 5.91 Å². The number of hydrogen-bond acceptors (Lipinski definition) is 3. The lowest BCUT2D eigenvalue weighted by atomic mass is 10.1. The molecule has 0 aromatic rings. The number of unbranched alkanes of at least 4 members (excludes halogenated alkanes) is 1. The highest BCUT2D eigenvalue weighted by Crippen LogP contribution is 2.32. The Morgan fingerprint density at radius 1 is 1.53 bits per heavy atom. The standard InChI is InChI=1S/C11H22N2O2/c1-15-7-3-2-4-11(14)13-10(8-12)9-5-6-9/h9-10H,2-8,12H2,1H3,(H,13,14). The molecular formula is C11H22N2O2. The molecule has 4 heteroatoms. The Morgan fingerprint density at radius 2 is 2.27 bits per heavy atom. The van der Waals surface area contributed by atoms with Crippen LogP contribution in [-0.2, 0) is 9.53 Å². The van der Waals surface area contributed by atoms with Gasteiger partial charge in [-0.1, -0.05) is 0 Å². The second kappa shape index (κ2) is 6.80. The molecule has 3 N–H and O–H groups in total. The largest absolute Gasteiger partial charge is 0.385 e. The molecule has 0 aromatic heterocycles. The van der Waals surface area contributed by atoms with Crippen LogP contribution >= 0.6 is 0 Å². The SMILES string of the molecule is COCCCCC(=O)NC(CN)C1CC1. The van der Waals surface area contributed by atoms with Crippen molar-refractivity contribution >= 4 is 5.91 Å². The maximum Gasteiger partial charge on any atom is 0.220 e. The van der Waals surface area contributed by atoms with Crippen LogP contribution < -0.4 is 11.1 Å². The van der Waals surface area contributed by atoms with Crippen molar-refractivity contribution in [3.63, 3.8) is 0 Å². The monoisotopic (exact) mass is 214 g/mol. The number of nitrogens with one attached hydrogen (secondary N) is 1. The molecule has 1 atom stereocenters. The summed E-state index contributed by atoms with van der Waals surface area (Å²) in [6.07, 6.45) is 4.85. The summed E-state index contributed by atoms with van der Waals surface area (Å²) < 4.78 is 4.92. The number of carbonyl (C=O) groups excluding carboxylic acids is 1. The number of rotatable bonds is 8. The molecule has 1 saturated carbocycles. The number of amides is 1. The highest BCUT2D eigenvalue weighted by atomic mass is 16.5. The van der Waals surface area contributed by atoms with Gasteiger partial charge >= 0.3 is 0 Å². The molecule has 0 heterocycles. The summed E-state index contributed by atoms with van der Waals surface area (Å²) in [6, 6.07) is 0.208. The van der Waals surface area contributed by atoms with Crippen molar-refractivity contribution in [2.45, 2.75) is 38.1 Å². The van der Waals surface area contributed by atoms with E-state index in [0.29, 0.717) is 18.9 Å². The first-order chi connectivity index (χ1) is 7.27. The van der Waals surface area contributed by atoms with Crippen LogP contribution in [0.5, 0.6) is 0 Å². The smallest absolute Gasteiger partial charge is 0.220 e. The van der Waals surface area contributed by atoms with Gasteiger partial charge in [-0.2, -0.15) is 0 Å². The molecule has 0 radical (unpaired) electrons. The molecular weight excluding hydrogens is 192 g/mol. The molecule has 1 aliphatic rings. The molecule has 0 spiro atoms. The molecule has 4 nitrogen and oxygen atoms in total. The highest BCUT2D eigenvalue weighted by Gasteiger charge is 2.30. The lowest BCUT2D eigenvalue weighted by molar-refractivity contribution is -0.122. The maximum atomic E-state index is 11.5. The number of ether oxygens (including phenoxy) is 1. The summed E-state index contributed by atoms with van der Waals surface area (Å²) in [7, 11) is 1.68. The Bertz CT molecular complexity index is 193. The third-order valence-electron chi connectivity index (χ3n) is 2.79. The summed E-state index contributed by atoms with van der Waals surface area (Å²) in [5.41, 5.74) is 5.60. The summed E-state index contributed by atoms with van der Waals surface area (Å²) in [5, 5.41) is 3.00. The Morgan fingerprint density at radius 3 is 2.80 bits per heavy atom. The maximum absolute atomic E-state index is 11.5. The lowest BCUT2D eigenvalue weighted by Gasteiger charge is -2.15. The van der Waals surface area contributed by atoms with Gasteiger partial charge in [0.15, 0.2) is 0 Å². The van der Waals surface area contributed by atoms with Crippen LogP contribution in [0, 0.1) is 5.92 Å². The van der Waals surface area contributed by atoms with Gasteiger partial charge in [0.1, 0.15) is 0 Å². The van der Waals surface area contributed by atoms with Crippen LogP contribution in [0.4, 0.5) is 0 Å². The second-order valence-corrected chi connectivity index (χ2v) is 4.20. The number of nitrogens with two attached hydrogens (primary N) is 1. The molecule has 0 aromatic carbocycles. The minimum absolute atomic E-state index is 0.133. The zero-order chi connectivity index (χ0) is 11.1. The summed E-state index contributed by atoms with van der Waals surface area (Å²) in [5.74, 6) is 0.770. The van der Waals surface area contributed by atoms with Crippen LogP contribution in [0.1, 0.15) is 32.1 Å². The fourth-order valence-electron chi connectivity index (χ4n) is 1.68. The molecule has 1 rings (SSSR count). The number of hydrogen-bond donors (Lipinski definition) is 2. The van der Waals surface area contributed by atoms with E-state index in [1.165, 1.54) is 12.8 Å². The molecule has 0 bridgehead atoms. The zero-order valence-corrected chi connectivity index (χ0v) is 9.50. The van der Waals surface area contributed by atoms with Crippen LogP contribution in [-0.4, -0.2) is 32.2 Å². The van der Waals surface area contributed by atoms with E-state index >= 15 is 0 Å². The minimum Gasteiger partial charge on any atom is -0.385 e. The molecule has 1 unspecified atom stereocenters. The van der Waals surface area contributed by atoms with Crippen LogP contribution in [0.2, 0.25) is 0 Å². The molecule has 1 aliphatic carbocycles. The Labute approximate surface area is 91.5 Å². The molecule has 1 fully saturated rings.